The molecule has 2 aliphatic rings. The molecule has 4 heterocycles. The molecule has 0 N–H and O–H groups in total. The Balaban J connectivity index is 1.35. The van der Waals surface area contributed by atoms with E-state index in [0.29, 0.717) is 26.1 Å². The molecule has 0 aliphatic carbocycles. The standard InChI is InChI=1S/C24H33N5O2/c1-19-13-20(21-15-25-18-26-16-21)14-22(27-19)23-17-29(11-12-31-23)24(30)7-6-10-28-8-4-2-3-5-9-28/h13-16,18,23H,2-12,17H2,1H3/t23-/m0/s1. The van der Waals surface area contributed by atoms with Gasteiger partial charge in [-0.25, -0.2) is 9.97 Å². The van der Waals surface area contributed by atoms with Gasteiger partial charge in [0.25, 0.3) is 0 Å². The van der Waals surface area contributed by atoms with Crippen molar-refractivity contribution in [3.8, 4) is 11.1 Å². The molecule has 7 nitrogen and oxygen atoms in total. The number of morpholine rings is 1. The number of rotatable bonds is 6. The largest absolute Gasteiger partial charge is 0.368 e. The first-order chi connectivity index (χ1) is 15.2. The fraction of sp³-hybridized carbons (Fsp3) is 0.583. The maximum Gasteiger partial charge on any atom is 0.222 e. The fourth-order valence-corrected chi connectivity index (χ4v) is 4.50. The van der Waals surface area contributed by atoms with Crippen molar-refractivity contribution in [2.45, 2.75) is 51.6 Å². The molecule has 4 rings (SSSR count). The summed E-state index contributed by atoms with van der Waals surface area (Å²) >= 11 is 0. The Kier molecular flexibility index (Phi) is 7.59. The number of hydrogen-bond donors (Lipinski definition) is 0. The molecule has 1 atom stereocenters. The van der Waals surface area contributed by atoms with E-state index in [1.54, 1.807) is 12.4 Å². The lowest BCUT2D eigenvalue weighted by molar-refractivity contribution is -0.139. The number of nitrogens with zero attached hydrogens (tertiary/aromatic N) is 5. The summed E-state index contributed by atoms with van der Waals surface area (Å²) in [6.45, 7) is 7.13. The first-order valence-corrected chi connectivity index (χ1v) is 11.5. The van der Waals surface area contributed by atoms with Gasteiger partial charge in [-0.1, -0.05) is 12.8 Å². The minimum absolute atomic E-state index is 0.202. The van der Waals surface area contributed by atoms with Gasteiger partial charge >= 0.3 is 0 Å². The van der Waals surface area contributed by atoms with E-state index >= 15 is 0 Å². The average molecular weight is 424 g/mol. The molecule has 2 saturated heterocycles. The van der Waals surface area contributed by atoms with Crippen LogP contribution in [0.3, 0.4) is 0 Å². The summed E-state index contributed by atoms with van der Waals surface area (Å²) in [4.78, 5) is 30.3. The monoisotopic (exact) mass is 423 g/mol. The van der Waals surface area contributed by atoms with Crippen LogP contribution in [0.25, 0.3) is 11.1 Å². The molecule has 2 aliphatic heterocycles. The van der Waals surface area contributed by atoms with Gasteiger partial charge in [0.2, 0.25) is 5.91 Å². The van der Waals surface area contributed by atoms with Crippen molar-refractivity contribution in [1.29, 1.82) is 0 Å². The third-order valence-electron chi connectivity index (χ3n) is 6.18. The molecule has 2 fully saturated rings. The second kappa shape index (κ2) is 10.8. The Hall–Kier alpha value is -2.38. The van der Waals surface area contributed by atoms with Crippen molar-refractivity contribution >= 4 is 5.91 Å². The normalized spacial score (nSPS) is 20.4. The van der Waals surface area contributed by atoms with E-state index in [4.69, 9.17) is 9.72 Å². The van der Waals surface area contributed by atoms with Crippen LogP contribution in [0.4, 0.5) is 0 Å². The second-order valence-corrected chi connectivity index (χ2v) is 8.61. The van der Waals surface area contributed by atoms with Crippen LogP contribution < -0.4 is 0 Å². The predicted molar refractivity (Wildman–Crippen MR) is 119 cm³/mol. The third kappa shape index (κ3) is 6.08. The first-order valence-electron chi connectivity index (χ1n) is 11.5. The van der Waals surface area contributed by atoms with Crippen molar-refractivity contribution in [2.75, 3.05) is 39.3 Å². The summed E-state index contributed by atoms with van der Waals surface area (Å²) < 4.78 is 6.01. The summed E-state index contributed by atoms with van der Waals surface area (Å²) in [5.41, 5.74) is 3.75. The number of pyridine rings is 1. The molecule has 0 aromatic carbocycles. The zero-order valence-corrected chi connectivity index (χ0v) is 18.5. The zero-order valence-electron chi connectivity index (χ0n) is 18.5. The molecule has 0 radical (unpaired) electrons. The lowest BCUT2D eigenvalue weighted by Gasteiger charge is -2.33. The van der Waals surface area contributed by atoms with Crippen LogP contribution >= 0.6 is 0 Å². The van der Waals surface area contributed by atoms with E-state index in [2.05, 4.69) is 14.9 Å². The molecule has 2 aromatic rings. The van der Waals surface area contributed by atoms with E-state index < -0.39 is 0 Å². The highest BCUT2D eigenvalue weighted by atomic mass is 16.5. The molecule has 1 amide bonds. The highest BCUT2D eigenvalue weighted by molar-refractivity contribution is 5.76. The second-order valence-electron chi connectivity index (χ2n) is 8.61. The van der Waals surface area contributed by atoms with Crippen molar-refractivity contribution in [1.82, 2.24) is 24.8 Å². The van der Waals surface area contributed by atoms with Crippen LogP contribution in [0.1, 0.15) is 56.0 Å². The molecule has 0 saturated carbocycles. The van der Waals surface area contributed by atoms with Crippen LogP contribution in [0.15, 0.2) is 30.9 Å². The van der Waals surface area contributed by atoms with Gasteiger partial charge in [-0.2, -0.15) is 0 Å². The lowest BCUT2D eigenvalue weighted by atomic mass is 10.1. The van der Waals surface area contributed by atoms with Gasteiger partial charge in [0.1, 0.15) is 12.4 Å². The van der Waals surface area contributed by atoms with Gasteiger partial charge in [0, 0.05) is 36.6 Å². The highest BCUT2D eigenvalue weighted by Crippen LogP contribution is 2.26. The molecule has 31 heavy (non-hydrogen) atoms. The van der Waals surface area contributed by atoms with Crippen molar-refractivity contribution in [3.05, 3.63) is 42.2 Å². The summed E-state index contributed by atoms with van der Waals surface area (Å²) in [5.74, 6) is 0.229. The Morgan fingerprint density at radius 2 is 1.84 bits per heavy atom. The molecular formula is C24H33N5O2. The van der Waals surface area contributed by atoms with Crippen LogP contribution in [0, 0.1) is 6.92 Å². The number of amides is 1. The predicted octanol–water partition coefficient (Wildman–Crippen LogP) is 3.40. The molecule has 0 spiro atoms. The van der Waals surface area contributed by atoms with Crippen LogP contribution in [0.2, 0.25) is 0 Å². The minimum Gasteiger partial charge on any atom is -0.368 e. The van der Waals surface area contributed by atoms with Crippen LogP contribution in [-0.4, -0.2) is 70.0 Å². The smallest absolute Gasteiger partial charge is 0.222 e. The summed E-state index contributed by atoms with van der Waals surface area (Å²) in [6, 6.07) is 4.06. The number of hydrogen-bond acceptors (Lipinski definition) is 6. The quantitative estimate of drug-likeness (QED) is 0.709. The van der Waals surface area contributed by atoms with E-state index in [-0.39, 0.29) is 12.0 Å². The van der Waals surface area contributed by atoms with Crippen LogP contribution in [0.5, 0.6) is 0 Å². The number of aryl methyl sites for hydroxylation is 1. The highest BCUT2D eigenvalue weighted by Gasteiger charge is 2.26. The topological polar surface area (TPSA) is 71.5 Å². The molecule has 166 valence electrons. The van der Waals surface area contributed by atoms with Crippen LogP contribution in [-0.2, 0) is 9.53 Å². The summed E-state index contributed by atoms with van der Waals surface area (Å²) in [5, 5.41) is 0. The minimum atomic E-state index is -0.202. The van der Waals surface area contributed by atoms with Gasteiger partial charge in [-0.05, 0) is 63.5 Å². The van der Waals surface area contributed by atoms with Crippen molar-refractivity contribution < 1.29 is 9.53 Å². The summed E-state index contributed by atoms with van der Waals surface area (Å²) in [7, 11) is 0. The van der Waals surface area contributed by atoms with Crippen molar-refractivity contribution in [2.24, 2.45) is 0 Å². The molecule has 0 bridgehead atoms. The Morgan fingerprint density at radius 1 is 1.06 bits per heavy atom. The average Bonchev–Trinajstić information content (AvgIpc) is 3.08. The number of likely N-dealkylation sites (tertiary alicyclic amines) is 1. The first kappa shape index (κ1) is 21.8. The zero-order chi connectivity index (χ0) is 21.5. The lowest BCUT2D eigenvalue weighted by Crippen LogP contribution is -2.42. The van der Waals surface area contributed by atoms with Gasteiger partial charge in [0.05, 0.1) is 18.8 Å². The Bertz CT molecular complexity index is 852. The molecule has 2 aromatic heterocycles. The molecule has 0 unspecified atom stereocenters. The maximum absolute atomic E-state index is 12.9. The number of ether oxygens (including phenoxy) is 1. The maximum atomic E-state index is 12.9. The van der Waals surface area contributed by atoms with Gasteiger partial charge in [-0.3, -0.25) is 9.78 Å². The third-order valence-corrected chi connectivity index (χ3v) is 6.18. The fourth-order valence-electron chi connectivity index (χ4n) is 4.50. The van der Waals surface area contributed by atoms with E-state index in [9.17, 15) is 4.79 Å². The van der Waals surface area contributed by atoms with E-state index in [1.807, 2.05) is 24.0 Å². The number of carbonyl (C=O) groups excluding carboxylic acids is 1. The van der Waals surface area contributed by atoms with Gasteiger partial charge in [-0.15, -0.1) is 0 Å². The Morgan fingerprint density at radius 3 is 2.61 bits per heavy atom. The summed E-state index contributed by atoms with van der Waals surface area (Å²) in [6.07, 6.45) is 11.7. The number of aromatic nitrogens is 3. The Labute approximate surface area is 184 Å². The van der Waals surface area contributed by atoms with E-state index in [1.165, 1.54) is 45.1 Å². The molecule has 7 heteroatoms. The SMILES string of the molecule is Cc1cc(-c2cncnc2)cc([C@@H]2CN(C(=O)CCCN3CCCCCC3)CCO2)n1. The van der Waals surface area contributed by atoms with Crippen molar-refractivity contribution in [3.63, 3.8) is 0 Å². The van der Waals surface area contributed by atoms with E-state index in [0.717, 1.165) is 35.5 Å². The van der Waals surface area contributed by atoms with Gasteiger partial charge < -0.3 is 14.5 Å². The van der Waals surface area contributed by atoms with Gasteiger partial charge in [0.15, 0.2) is 0 Å². The number of carbonyl (C=O) groups is 1. The molecular weight excluding hydrogens is 390 g/mol.